The molecule has 0 spiro atoms. The number of fused-ring (bicyclic) bond motifs is 1. The van der Waals surface area contributed by atoms with E-state index in [0.29, 0.717) is 5.56 Å². The van der Waals surface area contributed by atoms with E-state index in [4.69, 9.17) is 4.74 Å². The molecule has 0 aliphatic carbocycles. The molecule has 0 aromatic heterocycles. The van der Waals surface area contributed by atoms with Crippen LogP contribution in [0.1, 0.15) is 28.5 Å². The predicted octanol–water partition coefficient (Wildman–Crippen LogP) is 6.03. The molecule has 5 heteroatoms. The van der Waals surface area contributed by atoms with Gasteiger partial charge in [0.1, 0.15) is 5.60 Å². The van der Waals surface area contributed by atoms with Gasteiger partial charge in [0, 0.05) is 28.9 Å². The summed E-state index contributed by atoms with van der Waals surface area (Å²) in [5, 5.41) is 14.8. The first-order valence-electron chi connectivity index (χ1n) is 10.1. The Morgan fingerprint density at radius 2 is 1.39 bits per heavy atom. The summed E-state index contributed by atoms with van der Waals surface area (Å²) in [4.78, 5) is 11.0. The fourth-order valence-corrected chi connectivity index (χ4v) is 4.24. The first kappa shape index (κ1) is 19.0. The van der Waals surface area contributed by atoms with E-state index in [1.165, 1.54) is 6.07 Å². The van der Waals surface area contributed by atoms with E-state index in [-0.39, 0.29) is 10.6 Å². The van der Waals surface area contributed by atoms with Crippen LogP contribution in [0.15, 0.2) is 109 Å². The number of para-hydroxylation sites is 1. The average molecular weight is 408 g/mol. The van der Waals surface area contributed by atoms with Crippen molar-refractivity contribution in [3.05, 3.63) is 142 Å². The Morgan fingerprint density at radius 3 is 2.03 bits per heavy atom. The van der Waals surface area contributed by atoms with Crippen LogP contribution in [0.5, 0.6) is 0 Å². The van der Waals surface area contributed by atoms with Crippen molar-refractivity contribution in [1.29, 1.82) is 0 Å². The third-order valence-corrected chi connectivity index (χ3v) is 5.63. The standard InChI is InChI=1S/C26H20N2O3/c29-28(30)22-15-9-10-19(18-22)25-27-24-17-8-7-16-23(24)26(31-25,20-11-3-1-4-12-20)21-13-5-2-6-14-21/h1-18,25,27H/t25-/m1/s1. The molecule has 1 aliphatic heterocycles. The summed E-state index contributed by atoms with van der Waals surface area (Å²) in [5.74, 6) is 0. The third kappa shape index (κ3) is 3.25. The van der Waals surface area contributed by atoms with Gasteiger partial charge < -0.3 is 10.1 Å². The van der Waals surface area contributed by atoms with Crippen molar-refractivity contribution in [3.8, 4) is 0 Å². The van der Waals surface area contributed by atoms with Gasteiger partial charge in [0.15, 0.2) is 6.23 Å². The lowest BCUT2D eigenvalue weighted by atomic mass is 9.78. The van der Waals surface area contributed by atoms with Crippen LogP contribution in [0.2, 0.25) is 0 Å². The fourth-order valence-electron chi connectivity index (χ4n) is 4.24. The van der Waals surface area contributed by atoms with Gasteiger partial charge in [-0.3, -0.25) is 10.1 Å². The van der Waals surface area contributed by atoms with Crippen LogP contribution in [-0.4, -0.2) is 4.92 Å². The molecular weight excluding hydrogens is 388 g/mol. The first-order valence-corrected chi connectivity index (χ1v) is 10.1. The van der Waals surface area contributed by atoms with Gasteiger partial charge in [0.05, 0.1) is 4.92 Å². The second-order valence-corrected chi connectivity index (χ2v) is 7.45. The zero-order chi connectivity index (χ0) is 21.3. The van der Waals surface area contributed by atoms with Crippen LogP contribution in [0.3, 0.4) is 0 Å². The molecule has 1 N–H and O–H groups in total. The molecular formula is C26H20N2O3. The monoisotopic (exact) mass is 408 g/mol. The molecule has 0 saturated carbocycles. The largest absolute Gasteiger partial charge is 0.356 e. The number of nitro groups is 1. The van der Waals surface area contributed by atoms with E-state index < -0.39 is 11.8 Å². The van der Waals surface area contributed by atoms with Crippen LogP contribution in [0.4, 0.5) is 11.4 Å². The number of nitrogens with zero attached hydrogens (tertiary/aromatic N) is 1. The van der Waals surface area contributed by atoms with E-state index in [2.05, 4.69) is 35.6 Å². The minimum atomic E-state index is -0.875. The van der Waals surface area contributed by atoms with Crippen molar-refractivity contribution in [3.63, 3.8) is 0 Å². The number of nitro benzene ring substituents is 1. The third-order valence-electron chi connectivity index (χ3n) is 5.63. The van der Waals surface area contributed by atoms with Crippen LogP contribution in [-0.2, 0) is 10.3 Å². The quantitative estimate of drug-likeness (QED) is 0.331. The summed E-state index contributed by atoms with van der Waals surface area (Å²) in [6.45, 7) is 0. The number of benzene rings is 4. The van der Waals surface area contributed by atoms with E-state index in [1.807, 2.05) is 60.7 Å². The highest BCUT2D eigenvalue weighted by atomic mass is 16.6. The zero-order valence-electron chi connectivity index (χ0n) is 16.6. The highest BCUT2D eigenvalue weighted by molar-refractivity contribution is 5.64. The summed E-state index contributed by atoms with van der Waals surface area (Å²) < 4.78 is 6.86. The summed E-state index contributed by atoms with van der Waals surface area (Å²) in [6, 6.07) is 34.8. The highest BCUT2D eigenvalue weighted by Crippen LogP contribution is 2.50. The molecule has 0 radical (unpaired) electrons. The maximum Gasteiger partial charge on any atom is 0.269 e. The van der Waals surface area contributed by atoms with Gasteiger partial charge in [-0.05, 0) is 17.2 Å². The fraction of sp³-hybridized carbons (Fsp3) is 0.0769. The Labute approximate surface area is 180 Å². The molecule has 0 bridgehead atoms. The molecule has 0 amide bonds. The Balaban J connectivity index is 1.75. The lowest BCUT2D eigenvalue weighted by molar-refractivity contribution is -0.385. The van der Waals surface area contributed by atoms with Crippen molar-refractivity contribution >= 4 is 11.4 Å². The van der Waals surface area contributed by atoms with Crippen LogP contribution >= 0.6 is 0 Å². The van der Waals surface area contributed by atoms with Gasteiger partial charge in [0.25, 0.3) is 5.69 Å². The molecule has 1 atom stereocenters. The van der Waals surface area contributed by atoms with Gasteiger partial charge in [-0.15, -0.1) is 0 Å². The van der Waals surface area contributed by atoms with Crippen molar-refractivity contribution in [2.24, 2.45) is 0 Å². The summed E-state index contributed by atoms with van der Waals surface area (Å²) in [7, 11) is 0. The minimum Gasteiger partial charge on any atom is -0.356 e. The number of non-ortho nitro benzene ring substituents is 1. The number of nitrogens with one attached hydrogen (secondary N) is 1. The van der Waals surface area contributed by atoms with Crippen molar-refractivity contribution in [1.82, 2.24) is 0 Å². The van der Waals surface area contributed by atoms with E-state index >= 15 is 0 Å². The van der Waals surface area contributed by atoms with E-state index in [9.17, 15) is 10.1 Å². The molecule has 31 heavy (non-hydrogen) atoms. The second kappa shape index (κ2) is 7.70. The molecule has 1 heterocycles. The van der Waals surface area contributed by atoms with E-state index in [0.717, 1.165) is 22.4 Å². The topological polar surface area (TPSA) is 64.4 Å². The van der Waals surface area contributed by atoms with Crippen molar-refractivity contribution in [2.45, 2.75) is 11.8 Å². The predicted molar refractivity (Wildman–Crippen MR) is 120 cm³/mol. The summed E-state index contributed by atoms with van der Waals surface area (Å²) in [6.07, 6.45) is -0.574. The Kier molecular flexibility index (Phi) is 4.73. The van der Waals surface area contributed by atoms with Crippen LogP contribution < -0.4 is 5.32 Å². The summed E-state index contributed by atoms with van der Waals surface area (Å²) in [5.41, 5.74) is 3.76. The van der Waals surface area contributed by atoms with Gasteiger partial charge in [-0.2, -0.15) is 0 Å². The number of hydrogen-bond donors (Lipinski definition) is 1. The first-order chi connectivity index (χ1) is 15.2. The summed E-state index contributed by atoms with van der Waals surface area (Å²) >= 11 is 0. The molecule has 5 nitrogen and oxygen atoms in total. The minimum absolute atomic E-state index is 0.0341. The lowest BCUT2D eigenvalue weighted by Gasteiger charge is -2.44. The van der Waals surface area contributed by atoms with Crippen molar-refractivity contribution in [2.75, 3.05) is 5.32 Å². The number of rotatable bonds is 4. The molecule has 5 rings (SSSR count). The lowest BCUT2D eigenvalue weighted by Crippen LogP contribution is -2.40. The molecule has 4 aromatic rings. The van der Waals surface area contributed by atoms with Gasteiger partial charge in [0.2, 0.25) is 0 Å². The highest BCUT2D eigenvalue weighted by Gasteiger charge is 2.45. The Bertz CT molecular complexity index is 1190. The number of anilines is 1. The maximum absolute atomic E-state index is 11.3. The smallest absolute Gasteiger partial charge is 0.269 e. The van der Waals surface area contributed by atoms with Gasteiger partial charge in [-0.1, -0.05) is 91.0 Å². The molecule has 1 aliphatic rings. The number of hydrogen-bond acceptors (Lipinski definition) is 4. The van der Waals surface area contributed by atoms with E-state index in [1.54, 1.807) is 12.1 Å². The van der Waals surface area contributed by atoms with Gasteiger partial charge >= 0.3 is 0 Å². The number of ether oxygens (including phenoxy) is 1. The molecule has 152 valence electrons. The average Bonchev–Trinajstić information content (AvgIpc) is 2.84. The normalized spacial score (nSPS) is 16.7. The SMILES string of the molecule is O=[N+]([O-])c1cccc([C@@H]2Nc3ccccc3C(c3ccccc3)(c3ccccc3)O2)c1. The molecule has 0 saturated heterocycles. The Hall–Kier alpha value is -3.96. The Morgan fingerprint density at radius 1 is 0.774 bits per heavy atom. The van der Waals surface area contributed by atoms with Crippen LogP contribution in [0.25, 0.3) is 0 Å². The molecule has 0 fully saturated rings. The van der Waals surface area contributed by atoms with Crippen LogP contribution in [0, 0.1) is 10.1 Å². The maximum atomic E-state index is 11.3. The zero-order valence-corrected chi connectivity index (χ0v) is 16.6. The van der Waals surface area contributed by atoms with Gasteiger partial charge in [-0.25, -0.2) is 0 Å². The molecule has 0 unspecified atom stereocenters. The molecule has 4 aromatic carbocycles. The second-order valence-electron chi connectivity index (χ2n) is 7.45. The van der Waals surface area contributed by atoms with Crippen molar-refractivity contribution < 1.29 is 9.66 Å².